The largest absolute Gasteiger partial charge is 0.380 e. The van der Waals surface area contributed by atoms with Crippen LogP contribution < -0.4 is 15.4 Å². The molecule has 6 heteroatoms. The van der Waals surface area contributed by atoms with E-state index in [9.17, 15) is 8.42 Å². The number of rotatable bonds is 6. The van der Waals surface area contributed by atoms with Gasteiger partial charge in [-0.2, -0.15) is 0 Å². The minimum atomic E-state index is -3.43. The maximum Gasteiger partial charge on any atom is 0.242 e. The van der Waals surface area contributed by atoms with Gasteiger partial charge in [-0.25, -0.2) is 13.1 Å². The van der Waals surface area contributed by atoms with Gasteiger partial charge in [-0.3, -0.25) is 0 Å². The van der Waals surface area contributed by atoms with Crippen LogP contribution >= 0.6 is 0 Å². The van der Waals surface area contributed by atoms with Crippen molar-refractivity contribution in [1.82, 2.24) is 10.0 Å². The maximum atomic E-state index is 12.2. The Morgan fingerprint density at radius 3 is 2.84 bits per heavy atom. The molecular weight excluding hydrogens is 262 g/mol. The van der Waals surface area contributed by atoms with E-state index >= 15 is 0 Å². The van der Waals surface area contributed by atoms with Gasteiger partial charge in [0.05, 0.1) is 5.69 Å². The van der Waals surface area contributed by atoms with Crippen molar-refractivity contribution in [2.24, 2.45) is 0 Å². The van der Waals surface area contributed by atoms with Crippen LogP contribution in [0.1, 0.15) is 19.8 Å². The Morgan fingerprint density at radius 2 is 2.16 bits per heavy atom. The molecule has 3 N–H and O–H groups in total. The summed E-state index contributed by atoms with van der Waals surface area (Å²) >= 11 is 0. The van der Waals surface area contributed by atoms with Crippen LogP contribution in [0.2, 0.25) is 0 Å². The molecular formula is C13H21N3O2S. The lowest BCUT2D eigenvalue weighted by Crippen LogP contribution is -2.27. The molecule has 1 aromatic rings. The van der Waals surface area contributed by atoms with E-state index in [1.165, 1.54) is 0 Å². The molecule has 2 rings (SSSR count). The molecule has 1 unspecified atom stereocenters. The fourth-order valence-electron chi connectivity index (χ4n) is 2.13. The monoisotopic (exact) mass is 283 g/mol. The molecule has 19 heavy (non-hydrogen) atoms. The molecule has 1 atom stereocenters. The summed E-state index contributed by atoms with van der Waals surface area (Å²) in [6, 6.07) is 7.35. The van der Waals surface area contributed by atoms with Crippen LogP contribution in [0.25, 0.3) is 0 Å². The predicted molar refractivity (Wildman–Crippen MR) is 76.8 cm³/mol. The lowest BCUT2D eigenvalue weighted by atomic mass is 10.2. The standard InChI is InChI=1S/C13H21N3O2S/c1-2-8-15-19(17,18)13-6-4-3-5-12(13)16-11-7-9-14-10-11/h3-6,11,14-16H,2,7-10H2,1H3. The minimum absolute atomic E-state index is 0.294. The number of anilines is 1. The van der Waals surface area contributed by atoms with E-state index in [1.807, 2.05) is 19.1 Å². The molecule has 0 radical (unpaired) electrons. The molecule has 0 spiro atoms. The van der Waals surface area contributed by atoms with Gasteiger partial charge >= 0.3 is 0 Å². The number of para-hydroxylation sites is 1. The van der Waals surface area contributed by atoms with Crippen LogP contribution in [0.15, 0.2) is 29.2 Å². The molecule has 1 aliphatic heterocycles. The molecule has 1 fully saturated rings. The summed E-state index contributed by atoms with van der Waals surface area (Å²) in [4.78, 5) is 0.329. The number of hydrogen-bond donors (Lipinski definition) is 3. The zero-order valence-corrected chi connectivity index (χ0v) is 12.0. The molecule has 1 heterocycles. The Morgan fingerprint density at radius 1 is 1.37 bits per heavy atom. The zero-order valence-electron chi connectivity index (χ0n) is 11.1. The third-order valence-electron chi connectivity index (χ3n) is 3.14. The third kappa shape index (κ3) is 3.68. The van der Waals surface area contributed by atoms with Crippen molar-refractivity contribution in [3.63, 3.8) is 0 Å². The van der Waals surface area contributed by atoms with E-state index in [0.717, 1.165) is 25.9 Å². The van der Waals surface area contributed by atoms with Crippen molar-refractivity contribution in [3.05, 3.63) is 24.3 Å². The van der Waals surface area contributed by atoms with Gasteiger partial charge in [-0.1, -0.05) is 19.1 Å². The Bertz CT molecular complexity index is 510. The summed E-state index contributed by atoms with van der Waals surface area (Å²) in [6.07, 6.45) is 1.79. The quantitative estimate of drug-likeness (QED) is 0.732. The summed E-state index contributed by atoms with van der Waals surface area (Å²) < 4.78 is 27.0. The normalized spacial score (nSPS) is 19.5. The first-order chi connectivity index (χ1) is 9.13. The first-order valence-corrected chi connectivity index (χ1v) is 8.18. The second kappa shape index (κ2) is 6.36. The van der Waals surface area contributed by atoms with Gasteiger partial charge in [0.15, 0.2) is 0 Å². The Labute approximate surface area is 114 Å². The van der Waals surface area contributed by atoms with E-state index in [4.69, 9.17) is 0 Å². The van der Waals surface area contributed by atoms with Crippen molar-refractivity contribution in [3.8, 4) is 0 Å². The van der Waals surface area contributed by atoms with Gasteiger partial charge in [-0.15, -0.1) is 0 Å². The fourth-order valence-corrected chi connectivity index (χ4v) is 3.43. The highest BCUT2D eigenvalue weighted by atomic mass is 32.2. The first-order valence-electron chi connectivity index (χ1n) is 6.69. The van der Waals surface area contributed by atoms with Crippen LogP contribution in [0.3, 0.4) is 0 Å². The Hall–Kier alpha value is -1.11. The van der Waals surface area contributed by atoms with Crippen LogP contribution in [0, 0.1) is 0 Å². The molecule has 0 aliphatic carbocycles. The average Bonchev–Trinajstić information content (AvgIpc) is 2.90. The number of benzene rings is 1. The lowest BCUT2D eigenvalue weighted by molar-refractivity contribution is 0.581. The smallest absolute Gasteiger partial charge is 0.242 e. The molecule has 1 aromatic carbocycles. The van der Waals surface area contributed by atoms with Gasteiger partial charge in [0, 0.05) is 19.1 Å². The molecule has 1 aliphatic rings. The number of sulfonamides is 1. The average molecular weight is 283 g/mol. The molecule has 0 saturated carbocycles. The number of hydrogen-bond acceptors (Lipinski definition) is 4. The van der Waals surface area contributed by atoms with E-state index in [1.54, 1.807) is 12.1 Å². The van der Waals surface area contributed by atoms with Gasteiger partial charge in [0.1, 0.15) is 4.90 Å². The van der Waals surface area contributed by atoms with Crippen molar-refractivity contribution < 1.29 is 8.42 Å². The summed E-state index contributed by atoms with van der Waals surface area (Å²) in [7, 11) is -3.43. The molecule has 5 nitrogen and oxygen atoms in total. The van der Waals surface area contributed by atoms with Crippen molar-refractivity contribution in [1.29, 1.82) is 0 Å². The second-order valence-electron chi connectivity index (χ2n) is 4.73. The molecule has 0 amide bonds. The summed E-state index contributed by atoms with van der Waals surface area (Å²) in [5.41, 5.74) is 0.680. The minimum Gasteiger partial charge on any atom is -0.380 e. The molecule has 0 aromatic heterocycles. The SMILES string of the molecule is CCCNS(=O)(=O)c1ccccc1NC1CCNC1. The third-order valence-corrected chi connectivity index (χ3v) is 4.66. The maximum absolute atomic E-state index is 12.2. The van der Waals surface area contributed by atoms with Crippen LogP contribution in [0.5, 0.6) is 0 Å². The first kappa shape index (κ1) is 14.3. The van der Waals surface area contributed by atoms with Crippen LogP contribution in [-0.2, 0) is 10.0 Å². The predicted octanol–water partition coefficient (Wildman–Crippen LogP) is 1.15. The van der Waals surface area contributed by atoms with Gasteiger partial charge in [0.25, 0.3) is 0 Å². The van der Waals surface area contributed by atoms with Gasteiger partial charge in [-0.05, 0) is 31.5 Å². The van der Waals surface area contributed by atoms with Gasteiger partial charge < -0.3 is 10.6 Å². The second-order valence-corrected chi connectivity index (χ2v) is 6.46. The van der Waals surface area contributed by atoms with Crippen LogP contribution in [-0.4, -0.2) is 34.1 Å². The lowest BCUT2D eigenvalue weighted by Gasteiger charge is -2.16. The van der Waals surface area contributed by atoms with Crippen molar-refractivity contribution >= 4 is 15.7 Å². The Balaban J connectivity index is 2.19. The Kier molecular flexibility index (Phi) is 4.79. The molecule has 106 valence electrons. The number of nitrogens with one attached hydrogen (secondary N) is 3. The summed E-state index contributed by atoms with van der Waals surface area (Å²) in [5.74, 6) is 0. The summed E-state index contributed by atoms with van der Waals surface area (Å²) in [5, 5.41) is 6.57. The van der Waals surface area contributed by atoms with Crippen LogP contribution in [0.4, 0.5) is 5.69 Å². The highest BCUT2D eigenvalue weighted by Crippen LogP contribution is 2.22. The van der Waals surface area contributed by atoms with E-state index in [0.29, 0.717) is 23.2 Å². The molecule has 1 saturated heterocycles. The summed E-state index contributed by atoms with van der Waals surface area (Å²) in [6.45, 7) is 4.25. The van der Waals surface area contributed by atoms with E-state index in [2.05, 4.69) is 15.4 Å². The fraction of sp³-hybridized carbons (Fsp3) is 0.538. The molecule has 0 bridgehead atoms. The van der Waals surface area contributed by atoms with Crippen molar-refractivity contribution in [2.45, 2.75) is 30.7 Å². The van der Waals surface area contributed by atoms with Gasteiger partial charge in [0.2, 0.25) is 10.0 Å². The van der Waals surface area contributed by atoms with E-state index < -0.39 is 10.0 Å². The highest BCUT2D eigenvalue weighted by Gasteiger charge is 2.20. The van der Waals surface area contributed by atoms with Crippen molar-refractivity contribution in [2.75, 3.05) is 25.0 Å². The highest BCUT2D eigenvalue weighted by molar-refractivity contribution is 7.89. The topological polar surface area (TPSA) is 70.2 Å². The van der Waals surface area contributed by atoms with E-state index in [-0.39, 0.29) is 0 Å². The zero-order chi connectivity index (χ0) is 13.7.